The minimum absolute atomic E-state index is 0.406. The third-order valence-electron chi connectivity index (χ3n) is 3.53. The highest BCUT2D eigenvalue weighted by Crippen LogP contribution is 2.32. The van der Waals surface area contributed by atoms with Gasteiger partial charge in [0.1, 0.15) is 11.8 Å². The average Bonchev–Trinajstić information content (AvgIpc) is 2.48. The number of methoxy groups -OCH3 is 1. The smallest absolute Gasteiger partial charge is 0.121 e. The van der Waals surface area contributed by atoms with Crippen molar-refractivity contribution in [2.24, 2.45) is 0 Å². The Bertz CT molecular complexity index is 684. The predicted octanol–water partition coefficient (Wildman–Crippen LogP) is 4.74. The molecule has 2 aromatic carbocycles. The second kappa shape index (κ2) is 6.32. The van der Waals surface area contributed by atoms with Gasteiger partial charge >= 0.3 is 0 Å². The van der Waals surface area contributed by atoms with E-state index in [4.69, 9.17) is 4.74 Å². The number of nitrogens with one attached hydrogen (secondary N) is 1. The Hall–Kier alpha value is -2.47. The molecule has 108 valence electrons. The molecule has 0 spiro atoms. The maximum Gasteiger partial charge on any atom is 0.121 e. The molecule has 0 amide bonds. The fourth-order valence-corrected chi connectivity index (χ4v) is 2.33. The molecule has 0 fully saturated rings. The van der Waals surface area contributed by atoms with Crippen LogP contribution in [0.2, 0.25) is 0 Å². The van der Waals surface area contributed by atoms with Crippen molar-refractivity contribution in [3.8, 4) is 11.8 Å². The van der Waals surface area contributed by atoms with Crippen LogP contribution >= 0.6 is 0 Å². The zero-order valence-electron chi connectivity index (χ0n) is 12.9. The van der Waals surface area contributed by atoms with Crippen LogP contribution in [0, 0.1) is 18.3 Å². The maximum atomic E-state index is 9.28. The summed E-state index contributed by atoms with van der Waals surface area (Å²) in [5.41, 5.74) is 4.84. The number of para-hydroxylation sites is 1. The zero-order valence-corrected chi connectivity index (χ0v) is 12.9. The van der Waals surface area contributed by atoms with Gasteiger partial charge in [-0.05, 0) is 36.1 Å². The Kier molecular flexibility index (Phi) is 4.49. The summed E-state index contributed by atoms with van der Waals surface area (Å²) in [7, 11) is 1.62. The SMILES string of the molecule is COc1ccc(C#N)c(Nc2c(C)cccc2C(C)C)c1. The Morgan fingerprint density at radius 2 is 1.95 bits per heavy atom. The molecule has 0 aliphatic heterocycles. The van der Waals surface area contributed by atoms with E-state index in [0.29, 0.717) is 11.5 Å². The summed E-state index contributed by atoms with van der Waals surface area (Å²) < 4.78 is 5.25. The van der Waals surface area contributed by atoms with Crippen LogP contribution in [0.5, 0.6) is 5.75 Å². The first-order valence-corrected chi connectivity index (χ1v) is 7.01. The average molecular weight is 280 g/mol. The van der Waals surface area contributed by atoms with Crippen LogP contribution in [-0.2, 0) is 0 Å². The molecule has 21 heavy (non-hydrogen) atoms. The van der Waals surface area contributed by atoms with Crippen molar-refractivity contribution in [2.45, 2.75) is 26.7 Å². The quantitative estimate of drug-likeness (QED) is 0.879. The van der Waals surface area contributed by atoms with Gasteiger partial charge in [-0.15, -0.1) is 0 Å². The second-order valence-electron chi connectivity index (χ2n) is 5.34. The van der Waals surface area contributed by atoms with Crippen LogP contribution in [0.15, 0.2) is 36.4 Å². The lowest BCUT2D eigenvalue weighted by Crippen LogP contribution is -2.02. The molecule has 0 unspecified atom stereocenters. The van der Waals surface area contributed by atoms with Gasteiger partial charge in [-0.2, -0.15) is 5.26 Å². The van der Waals surface area contributed by atoms with E-state index >= 15 is 0 Å². The molecule has 0 bridgehead atoms. The standard InChI is InChI=1S/C18H20N2O/c1-12(2)16-7-5-6-13(3)18(16)20-17-10-15(21-4)9-8-14(17)11-19/h5-10,12,20H,1-4H3. The summed E-state index contributed by atoms with van der Waals surface area (Å²) in [6, 6.07) is 13.9. The molecule has 0 heterocycles. The van der Waals surface area contributed by atoms with Gasteiger partial charge in [-0.1, -0.05) is 32.0 Å². The number of hydrogen-bond donors (Lipinski definition) is 1. The van der Waals surface area contributed by atoms with Crippen LogP contribution in [0.4, 0.5) is 11.4 Å². The van der Waals surface area contributed by atoms with Crippen molar-refractivity contribution in [3.05, 3.63) is 53.1 Å². The van der Waals surface area contributed by atoms with Crippen molar-refractivity contribution in [1.82, 2.24) is 0 Å². The first-order valence-electron chi connectivity index (χ1n) is 7.01. The Balaban J connectivity index is 2.50. The Labute approximate surface area is 126 Å². The highest BCUT2D eigenvalue weighted by Gasteiger charge is 2.11. The van der Waals surface area contributed by atoms with Crippen molar-refractivity contribution in [1.29, 1.82) is 5.26 Å². The lowest BCUT2D eigenvalue weighted by atomic mass is 9.98. The number of hydrogen-bond acceptors (Lipinski definition) is 3. The molecule has 0 atom stereocenters. The number of ether oxygens (including phenoxy) is 1. The molecule has 2 aromatic rings. The normalized spacial score (nSPS) is 10.3. The molecule has 3 nitrogen and oxygen atoms in total. The number of benzene rings is 2. The van der Waals surface area contributed by atoms with Crippen LogP contribution in [-0.4, -0.2) is 7.11 Å². The van der Waals surface area contributed by atoms with Gasteiger partial charge in [0, 0.05) is 11.8 Å². The van der Waals surface area contributed by atoms with E-state index < -0.39 is 0 Å². The minimum Gasteiger partial charge on any atom is -0.497 e. The molecule has 0 aliphatic rings. The van der Waals surface area contributed by atoms with E-state index in [1.807, 2.05) is 6.07 Å². The molecule has 2 rings (SSSR count). The van der Waals surface area contributed by atoms with Gasteiger partial charge in [-0.25, -0.2) is 0 Å². The van der Waals surface area contributed by atoms with Gasteiger partial charge in [0.15, 0.2) is 0 Å². The highest BCUT2D eigenvalue weighted by atomic mass is 16.5. The van der Waals surface area contributed by atoms with Gasteiger partial charge in [0.2, 0.25) is 0 Å². The largest absolute Gasteiger partial charge is 0.497 e. The summed E-state index contributed by atoms with van der Waals surface area (Å²) in [6.45, 7) is 6.40. The maximum absolute atomic E-state index is 9.28. The molecule has 3 heteroatoms. The molecular formula is C18H20N2O. The summed E-state index contributed by atoms with van der Waals surface area (Å²) >= 11 is 0. The monoisotopic (exact) mass is 280 g/mol. The summed E-state index contributed by atoms with van der Waals surface area (Å²) in [5.74, 6) is 1.14. The van der Waals surface area contributed by atoms with Crippen molar-refractivity contribution >= 4 is 11.4 Å². The van der Waals surface area contributed by atoms with Crippen LogP contribution in [0.1, 0.15) is 36.5 Å². The van der Waals surface area contributed by atoms with Crippen molar-refractivity contribution in [2.75, 3.05) is 12.4 Å². The van der Waals surface area contributed by atoms with E-state index in [0.717, 1.165) is 22.7 Å². The Morgan fingerprint density at radius 3 is 2.57 bits per heavy atom. The van der Waals surface area contributed by atoms with Crippen LogP contribution in [0.25, 0.3) is 0 Å². The number of anilines is 2. The van der Waals surface area contributed by atoms with Gasteiger partial charge < -0.3 is 10.1 Å². The molecule has 0 saturated carbocycles. The van der Waals surface area contributed by atoms with Gasteiger partial charge in [0.05, 0.1) is 18.4 Å². The van der Waals surface area contributed by atoms with Crippen molar-refractivity contribution < 1.29 is 4.74 Å². The van der Waals surface area contributed by atoms with E-state index in [1.54, 1.807) is 19.2 Å². The first-order chi connectivity index (χ1) is 10.1. The lowest BCUT2D eigenvalue weighted by molar-refractivity contribution is 0.415. The fourth-order valence-electron chi connectivity index (χ4n) is 2.33. The molecule has 0 radical (unpaired) electrons. The van der Waals surface area contributed by atoms with Crippen LogP contribution in [0.3, 0.4) is 0 Å². The van der Waals surface area contributed by atoms with E-state index in [-0.39, 0.29) is 0 Å². The van der Waals surface area contributed by atoms with Gasteiger partial charge in [0.25, 0.3) is 0 Å². The predicted molar refractivity (Wildman–Crippen MR) is 86.3 cm³/mol. The first kappa shape index (κ1) is 14.9. The van der Waals surface area contributed by atoms with Crippen LogP contribution < -0.4 is 10.1 Å². The molecule has 0 aliphatic carbocycles. The van der Waals surface area contributed by atoms with E-state index in [1.165, 1.54) is 5.56 Å². The molecule has 0 saturated heterocycles. The molecular weight excluding hydrogens is 260 g/mol. The van der Waals surface area contributed by atoms with Gasteiger partial charge in [-0.3, -0.25) is 0 Å². The van der Waals surface area contributed by atoms with E-state index in [2.05, 4.69) is 50.4 Å². The highest BCUT2D eigenvalue weighted by molar-refractivity contribution is 5.72. The number of rotatable bonds is 4. The third kappa shape index (κ3) is 3.17. The summed E-state index contributed by atoms with van der Waals surface area (Å²) in [6.07, 6.45) is 0. The zero-order chi connectivity index (χ0) is 15.4. The Morgan fingerprint density at radius 1 is 1.19 bits per heavy atom. The van der Waals surface area contributed by atoms with Crippen molar-refractivity contribution in [3.63, 3.8) is 0 Å². The van der Waals surface area contributed by atoms with E-state index in [9.17, 15) is 5.26 Å². The topological polar surface area (TPSA) is 45.0 Å². The molecule has 1 N–H and O–H groups in total. The minimum atomic E-state index is 0.406. The lowest BCUT2D eigenvalue weighted by Gasteiger charge is -2.18. The number of nitriles is 1. The fraction of sp³-hybridized carbons (Fsp3) is 0.278. The number of aryl methyl sites for hydroxylation is 1. The summed E-state index contributed by atoms with van der Waals surface area (Å²) in [5, 5.41) is 12.7. The second-order valence-corrected chi connectivity index (χ2v) is 5.34. The summed E-state index contributed by atoms with van der Waals surface area (Å²) in [4.78, 5) is 0. The number of nitrogens with zero attached hydrogens (tertiary/aromatic N) is 1. The third-order valence-corrected chi connectivity index (χ3v) is 3.53. The molecule has 0 aromatic heterocycles.